The van der Waals surface area contributed by atoms with E-state index in [-0.39, 0.29) is 24.0 Å². The van der Waals surface area contributed by atoms with Gasteiger partial charge in [0, 0.05) is 18.4 Å². The monoisotopic (exact) mass is 323 g/mol. The first-order chi connectivity index (χ1) is 10.9. The first-order valence-electron chi connectivity index (χ1n) is 7.41. The molecule has 0 aromatic carbocycles. The average molecular weight is 323 g/mol. The van der Waals surface area contributed by atoms with Crippen molar-refractivity contribution in [1.29, 1.82) is 0 Å². The minimum atomic E-state index is -0.834. The van der Waals surface area contributed by atoms with Crippen molar-refractivity contribution < 1.29 is 28.6 Å². The van der Waals surface area contributed by atoms with Gasteiger partial charge in [-0.15, -0.1) is 0 Å². The zero-order chi connectivity index (χ0) is 17.1. The molecule has 0 bridgehead atoms. The summed E-state index contributed by atoms with van der Waals surface area (Å²) in [6.45, 7) is 3.92. The number of hydrogen-bond donors (Lipinski definition) is 1. The smallest absolute Gasteiger partial charge is 0.355 e. The maximum absolute atomic E-state index is 12.7. The van der Waals surface area contributed by atoms with Crippen molar-refractivity contribution in [2.24, 2.45) is 11.8 Å². The lowest BCUT2D eigenvalue weighted by Crippen LogP contribution is -2.36. The number of ketones is 1. The number of H-pyrrole nitrogens is 1. The third-order valence-electron chi connectivity index (χ3n) is 4.13. The number of esters is 2. The van der Waals surface area contributed by atoms with Crippen molar-refractivity contribution in [1.82, 2.24) is 4.98 Å². The van der Waals surface area contributed by atoms with Gasteiger partial charge in [-0.1, -0.05) is 6.92 Å². The van der Waals surface area contributed by atoms with Crippen LogP contribution in [0.3, 0.4) is 0 Å². The molecule has 126 valence electrons. The number of rotatable bonds is 5. The summed E-state index contributed by atoms with van der Waals surface area (Å²) in [5, 5.41) is 0. The molecule has 1 aliphatic carbocycles. The van der Waals surface area contributed by atoms with Gasteiger partial charge in [0.1, 0.15) is 18.2 Å². The molecule has 2 atom stereocenters. The average Bonchev–Trinajstić information content (AvgIpc) is 2.84. The molecule has 0 unspecified atom stereocenters. The number of methoxy groups -OCH3 is 2. The van der Waals surface area contributed by atoms with Crippen molar-refractivity contribution >= 4 is 17.7 Å². The molecule has 23 heavy (non-hydrogen) atoms. The first kappa shape index (κ1) is 17.2. The Kier molecular flexibility index (Phi) is 5.20. The number of aromatic amines is 1. The molecule has 1 heterocycles. The van der Waals surface area contributed by atoms with E-state index in [1.165, 1.54) is 14.2 Å². The Labute approximate surface area is 134 Å². The van der Waals surface area contributed by atoms with Gasteiger partial charge in [0.15, 0.2) is 5.78 Å². The van der Waals surface area contributed by atoms with Crippen LogP contribution in [0.5, 0.6) is 0 Å². The van der Waals surface area contributed by atoms with Gasteiger partial charge >= 0.3 is 11.9 Å². The number of carbonyl (C=O) groups excluding carboxylic acids is 3. The fourth-order valence-electron chi connectivity index (χ4n) is 2.96. The molecule has 1 aliphatic rings. The molecule has 0 spiro atoms. The van der Waals surface area contributed by atoms with Crippen LogP contribution in [0.4, 0.5) is 0 Å². The van der Waals surface area contributed by atoms with Gasteiger partial charge in [-0.2, -0.15) is 0 Å². The fraction of sp³-hybridized carbons (Fsp3) is 0.562. The highest BCUT2D eigenvalue weighted by Crippen LogP contribution is 2.34. The van der Waals surface area contributed by atoms with Crippen LogP contribution < -0.4 is 0 Å². The van der Waals surface area contributed by atoms with E-state index in [1.807, 2.05) is 6.92 Å². The Morgan fingerprint density at radius 2 is 1.96 bits per heavy atom. The summed E-state index contributed by atoms with van der Waals surface area (Å²) in [5.74, 6) is -2.42. The fourth-order valence-corrected chi connectivity index (χ4v) is 2.96. The predicted molar refractivity (Wildman–Crippen MR) is 80.4 cm³/mol. The number of ether oxygens (including phenoxy) is 3. The SMILES string of the molecule is COCCOC(=O)c1[nH]c2c(c1C)C(=O)[C@H](C(=O)OC)[C@@H](C)C2. The second-order valence-electron chi connectivity index (χ2n) is 5.65. The third-order valence-corrected chi connectivity index (χ3v) is 4.13. The molecule has 7 heteroatoms. The Bertz CT molecular complexity index is 633. The minimum Gasteiger partial charge on any atom is -0.468 e. The normalized spacial score (nSPS) is 20.1. The summed E-state index contributed by atoms with van der Waals surface area (Å²) in [7, 11) is 2.78. The maximum Gasteiger partial charge on any atom is 0.355 e. The topological polar surface area (TPSA) is 94.7 Å². The number of nitrogens with one attached hydrogen (secondary N) is 1. The van der Waals surface area contributed by atoms with E-state index < -0.39 is 17.9 Å². The Morgan fingerprint density at radius 1 is 1.26 bits per heavy atom. The largest absolute Gasteiger partial charge is 0.468 e. The lowest BCUT2D eigenvalue weighted by atomic mass is 9.77. The van der Waals surface area contributed by atoms with Crippen LogP contribution in [0.2, 0.25) is 0 Å². The molecular weight excluding hydrogens is 302 g/mol. The molecule has 1 aromatic rings. The molecule has 7 nitrogen and oxygen atoms in total. The quantitative estimate of drug-likeness (QED) is 0.498. The summed E-state index contributed by atoms with van der Waals surface area (Å²) in [6.07, 6.45) is 0.493. The highest BCUT2D eigenvalue weighted by Gasteiger charge is 2.41. The van der Waals surface area contributed by atoms with E-state index in [1.54, 1.807) is 6.92 Å². The summed E-state index contributed by atoms with van der Waals surface area (Å²) < 4.78 is 14.6. The summed E-state index contributed by atoms with van der Waals surface area (Å²) in [4.78, 5) is 39.6. The Morgan fingerprint density at radius 3 is 2.57 bits per heavy atom. The molecule has 2 rings (SSSR count). The number of Topliss-reactive ketones (excluding diaryl/α,β-unsaturated/α-hetero) is 1. The molecule has 1 aromatic heterocycles. The second kappa shape index (κ2) is 6.95. The zero-order valence-corrected chi connectivity index (χ0v) is 13.7. The molecular formula is C16H21NO6. The van der Waals surface area contributed by atoms with Crippen LogP contribution in [0, 0.1) is 18.8 Å². The van der Waals surface area contributed by atoms with Crippen LogP contribution >= 0.6 is 0 Å². The van der Waals surface area contributed by atoms with Gasteiger partial charge in [-0.25, -0.2) is 4.79 Å². The van der Waals surface area contributed by atoms with Gasteiger partial charge in [0.2, 0.25) is 0 Å². The predicted octanol–water partition coefficient (Wildman–Crippen LogP) is 1.29. The molecule has 0 radical (unpaired) electrons. The van der Waals surface area contributed by atoms with Crippen molar-refractivity contribution in [2.75, 3.05) is 27.4 Å². The lowest BCUT2D eigenvalue weighted by molar-refractivity contribution is -0.145. The summed E-state index contributed by atoms with van der Waals surface area (Å²) in [6, 6.07) is 0. The molecule has 0 saturated carbocycles. The molecule has 0 fully saturated rings. The maximum atomic E-state index is 12.7. The van der Waals surface area contributed by atoms with Crippen molar-refractivity contribution in [3.63, 3.8) is 0 Å². The number of hydrogen-bond acceptors (Lipinski definition) is 6. The van der Waals surface area contributed by atoms with Crippen molar-refractivity contribution in [3.05, 3.63) is 22.5 Å². The summed E-state index contributed by atoms with van der Waals surface area (Å²) in [5.41, 5.74) is 1.82. The second-order valence-corrected chi connectivity index (χ2v) is 5.65. The minimum absolute atomic E-state index is 0.133. The van der Waals surface area contributed by atoms with E-state index in [9.17, 15) is 14.4 Å². The van der Waals surface area contributed by atoms with Crippen LogP contribution in [-0.4, -0.2) is 50.1 Å². The molecule has 0 amide bonds. The van der Waals surface area contributed by atoms with E-state index in [0.717, 1.165) is 0 Å². The van der Waals surface area contributed by atoms with Crippen molar-refractivity contribution in [2.45, 2.75) is 20.3 Å². The van der Waals surface area contributed by atoms with E-state index in [4.69, 9.17) is 14.2 Å². The van der Waals surface area contributed by atoms with Gasteiger partial charge in [-0.3, -0.25) is 9.59 Å². The number of carbonyl (C=O) groups is 3. The lowest BCUT2D eigenvalue weighted by Gasteiger charge is -2.25. The van der Waals surface area contributed by atoms with Gasteiger partial charge in [-0.05, 0) is 24.8 Å². The van der Waals surface area contributed by atoms with Crippen LogP contribution in [0.25, 0.3) is 0 Å². The highest BCUT2D eigenvalue weighted by molar-refractivity contribution is 6.12. The molecule has 1 N–H and O–H groups in total. The van der Waals surface area contributed by atoms with E-state index in [2.05, 4.69) is 4.98 Å². The number of aromatic nitrogens is 1. The number of fused-ring (bicyclic) bond motifs is 1. The van der Waals surface area contributed by atoms with E-state index in [0.29, 0.717) is 29.8 Å². The van der Waals surface area contributed by atoms with Crippen LogP contribution in [0.15, 0.2) is 0 Å². The van der Waals surface area contributed by atoms with Crippen molar-refractivity contribution in [3.8, 4) is 0 Å². The Balaban J connectivity index is 2.31. The van der Waals surface area contributed by atoms with Crippen LogP contribution in [-0.2, 0) is 25.4 Å². The zero-order valence-electron chi connectivity index (χ0n) is 13.7. The highest BCUT2D eigenvalue weighted by atomic mass is 16.6. The first-order valence-corrected chi connectivity index (χ1v) is 7.41. The third kappa shape index (κ3) is 3.14. The van der Waals surface area contributed by atoms with Gasteiger partial charge in [0.25, 0.3) is 0 Å². The van der Waals surface area contributed by atoms with E-state index >= 15 is 0 Å². The van der Waals surface area contributed by atoms with Crippen LogP contribution in [0.1, 0.15) is 39.0 Å². The Hall–Kier alpha value is -2.15. The standard InChI is InChI=1S/C16H21NO6/c1-8-7-10-12(14(18)11(8)15(19)22-4)9(2)13(17-10)16(20)23-6-5-21-3/h8,11,17H,5-7H2,1-4H3/t8-,11+/m0/s1. The molecule has 0 saturated heterocycles. The molecule has 0 aliphatic heterocycles. The van der Waals surface area contributed by atoms with Gasteiger partial charge in [0.05, 0.1) is 13.7 Å². The van der Waals surface area contributed by atoms with Gasteiger partial charge < -0.3 is 19.2 Å². The summed E-state index contributed by atoms with van der Waals surface area (Å²) >= 11 is 0.